The fraction of sp³-hybridized carbons (Fsp3) is 0.438. The van der Waals surface area contributed by atoms with Crippen LogP contribution in [0, 0.1) is 0 Å². The summed E-state index contributed by atoms with van der Waals surface area (Å²) in [5, 5.41) is 8.50. The summed E-state index contributed by atoms with van der Waals surface area (Å²) in [5.41, 5.74) is 1.65. The van der Waals surface area contributed by atoms with Crippen LogP contribution in [0.3, 0.4) is 0 Å². The molecule has 1 aliphatic heterocycles. The molecule has 1 atom stereocenters. The maximum atomic E-state index is 12.1. The first kappa shape index (κ1) is 15.1. The number of carbonyl (C=O) groups excluding carboxylic acids is 1. The van der Waals surface area contributed by atoms with Gasteiger partial charge in [-0.3, -0.25) is 9.69 Å². The predicted molar refractivity (Wildman–Crippen MR) is 86.8 cm³/mol. The van der Waals surface area contributed by atoms with Gasteiger partial charge in [-0.2, -0.15) is 0 Å². The summed E-state index contributed by atoms with van der Waals surface area (Å²) >= 11 is 1.19. The van der Waals surface area contributed by atoms with Crippen molar-refractivity contribution in [1.29, 1.82) is 0 Å². The van der Waals surface area contributed by atoms with Crippen LogP contribution in [-0.2, 0) is 0 Å². The molecule has 0 saturated carbocycles. The number of amides is 1. The smallest absolute Gasteiger partial charge is 0.272 e. The molecule has 5 nitrogen and oxygen atoms in total. The Balaban J connectivity index is 1.69. The van der Waals surface area contributed by atoms with Gasteiger partial charge in [0.05, 0.1) is 6.04 Å². The van der Waals surface area contributed by atoms with Crippen LogP contribution in [0.25, 0.3) is 0 Å². The molecule has 3 rings (SSSR count). The Morgan fingerprint density at radius 2 is 2.00 bits per heavy atom. The summed E-state index contributed by atoms with van der Waals surface area (Å²) in [7, 11) is 0. The van der Waals surface area contributed by atoms with Gasteiger partial charge < -0.3 is 5.32 Å². The monoisotopic (exact) mass is 316 g/mol. The normalized spacial score (nSPS) is 17.1. The molecule has 2 aromatic rings. The highest BCUT2D eigenvalue weighted by Crippen LogP contribution is 2.24. The van der Waals surface area contributed by atoms with E-state index in [1.807, 2.05) is 6.07 Å². The Kier molecular flexibility index (Phi) is 5.13. The lowest BCUT2D eigenvalue weighted by molar-refractivity contribution is 0.0919. The van der Waals surface area contributed by atoms with Gasteiger partial charge >= 0.3 is 0 Å². The van der Waals surface area contributed by atoms with Crippen molar-refractivity contribution in [2.24, 2.45) is 0 Å². The maximum absolute atomic E-state index is 12.1. The highest BCUT2D eigenvalue weighted by Gasteiger charge is 2.23. The fourth-order valence-electron chi connectivity index (χ4n) is 2.91. The minimum absolute atomic E-state index is 0.147. The molecule has 0 aliphatic carbocycles. The zero-order valence-electron chi connectivity index (χ0n) is 12.4. The molecular weight excluding hydrogens is 296 g/mol. The summed E-state index contributed by atoms with van der Waals surface area (Å²) in [6.45, 7) is 2.78. The van der Waals surface area contributed by atoms with Gasteiger partial charge in [0, 0.05) is 11.9 Å². The molecule has 1 fully saturated rings. The first-order valence-corrected chi connectivity index (χ1v) is 8.52. The Labute approximate surface area is 134 Å². The third-order valence-corrected chi connectivity index (χ3v) is 4.57. The van der Waals surface area contributed by atoms with Crippen molar-refractivity contribution in [2.45, 2.75) is 25.3 Å². The van der Waals surface area contributed by atoms with E-state index in [2.05, 4.69) is 44.1 Å². The topological polar surface area (TPSA) is 58.1 Å². The van der Waals surface area contributed by atoms with E-state index in [4.69, 9.17) is 0 Å². The molecule has 22 heavy (non-hydrogen) atoms. The van der Waals surface area contributed by atoms with Crippen molar-refractivity contribution in [3.63, 3.8) is 0 Å². The number of nitrogens with zero attached hydrogens (tertiary/aromatic N) is 3. The van der Waals surface area contributed by atoms with Crippen LogP contribution in [-0.4, -0.2) is 40.0 Å². The number of hydrogen-bond donors (Lipinski definition) is 1. The lowest BCUT2D eigenvalue weighted by Gasteiger charge is -2.35. The third kappa shape index (κ3) is 3.69. The number of benzene rings is 1. The average molecular weight is 316 g/mol. The first-order chi connectivity index (χ1) is 10.8. The standard InChI is InChI=1S/C16H20N4OS/c21-16(14-12-22-19-18-14)17-11-15(13-7-3-1-4-8-13)20-9-5-2-6-10-20/h1,3-4,7-8,12,15H,2,5-6,9-11H2,(H,17,21)/t15-/m1/s1. The van der Waals surface area contributed by atoms with E-state index in [0.717, 1.165) is 13.1 Å². The fourth-order valence-corrected chi connectivity index (χ4v) is 3.34. The van der Waals surface area contributed by atoms with Gasteiger partial charge in [0.1, 0.15) is 0 Å². The predicted octanol–water partition coefficient (Wildman–Crippen LogP) is 2.50. The largest absolute Gasteiger partial charge is 0.349 e. The van der Waals surface area contributed by atoms with Crippen LogP contribution >= 0.6 is 11.5 Å². The summed E-state index contributed by atoms with van der Waals surface area (Å²) in [4.78, 5) is 14.6. The van der Waals surface area contributed by atoms with E-state index in [1.165, 1.54) is 36.4 Å². The van der Waals surface area contributed by atoms with E-state index in [-0.39, 0.29) is 11.9 Å². The van der Waals surface area contributed by atoms with Gasteiger partial charge in [0.15, 0.2) is 5.69 Å². The second-order valence-electron chi connectivity index (χ2n) is 5.52. The number of hydrogen-bond acceptors (Lipinski definition) is 5. The Morgan fingerprint density at radius 1 is 1.23 bits per heavy atom. The molecule has 2 heterocycles. The van der Waals surface area contributed by atoms with Gasteiger partial charge in [-0.1, -0.05) is 41.2 Å². The molecule has 116 valence electrons. The molecule has 6 heteroatoms. The van der Waals surface area contributed by atoms with Crippen molar-refractivity contribution in [3.8, 4) is 0 Å². The van der Waals surface area contributed by atoms with E-state index in [0.29, 0.717) is 12.2 Å². The highest BCUT2D eigenvalue weighted by molar-refractivity contribution is 7.03. The molecule has 1 amide bonds. The first-order valence-electron chi connectivity index (χ1n) is 7.69. The lowest BCUT2D eigenvalue weighted by atomic mass is 10.0. The molecule has 1 aliphatic rings. The molecule has 1 N–H and O–H groups in total. The van der Waals surface area contributed by atoms with Gasteiger partial charge in [-0.15, -0.1) is 5.10 Å². The molecular formula is C16H20N4OS. The van der Waals surface area contributed by atoms with Crippen molar-refractivity contribution in [3.05, 3.63) is 47.0 Å². The Morgan fingerprint density at radius 3 is 2.68 bits per heavy atom. The minimum atomic E-state index is -0.147. The van der Waals surface area contributed by atoms with E-state index in [9.17, 15) is 4.79 Å². The molecule has 0 unspecified atom stereocenters. The molecule has 1 aromatic carbocycles. The van der Waals surface area contributed by atoms with Gasteiger partial charge in [-0.25, -0.2) is 0 Å². The summed E-state index contributed by atoms with van der Waals surface area (Å²) in [6.07, 6.45) is 3.76. The SMILES string of the molecule is O=C(NC[C@H](c1ccccc1)N1CCCCC1)c1csnn1. The summed E-state index contributed by atoms with van der Waals surface area (Å²) in [5.74, 6) is -0.147. The van der Waals surface area contributed by atoms with Crippen LogP contribution < -0.4 is 5.32 Å². The minimum Gasteiger partial charge on any atom is -0.349 e. The van der Waals surface area contributed by atoms with Crippen molar-refractivity contribution in [2.75, 3.05) is 19.6 Å². The van der Waals surface area contributed by atoms with Crippen molar-refractivity contribution < 1.29 is 4.79 Å². The zero-order chi connectivity index (χ0) is 15.2. The number of carbonyl (C=O) groups is 1. The Hall–Kier alpha value is -1.79. The summed E-state index contributed by atoms with van der Waals surface area (Å²) < 4.78 is 3.74. The molecule has 0 radical (unpaired) electrons. The second-order valence-corrected chi connectivity index (χ2v) is 6.13. The van der Waals surface area contributed by atoms with Gasteiger partial charge in [-0.05, 0) is 43.0 Å². The Bertz CT molecular complexity index is 581. The van der Waals surface area contributed by atoms with E-state index in [1.54, 1.807) is 5.38 Å². The molecule has 1 saturated heterocycles. The second kappa shape index (κ2) is 7.47. The summed E-state index contributed by atoms with van der Waals surface area (Å²) in [6, 6.07) is 10.6. The number of aromatic nitrogens is 2. The third-order valence-electron chi connectivity index (χ3n) is 4.06. The van der Waals surface area contributed by atoms with E-state index < -0.39 is 0 Å². The number of likely N-dealkylation sites (tertiary alicyclic amines) is 1. The average Bonchev–Trinajstić information content (AvgIpc) is 3.11. The van der Waals surface area contributed by atoms with Crippen LogP contribution in [0.15, 0.2) is 35.7 Å². The van der Waals surface area contributed by atoms with Gasteiger partial charge in [0.2, 0.25) is 0 Å². The van der Waals surface area contributed by atoms with Crippen molar-refractivity contribution in [1.82, 2.24) is 19.8 Å². The van der Waals surface area contributed by atoms with Crippen LogP contribution in [0.1, 0.15) is 41.4 Å². The zero-order valence-corrected chi connectivity index (χ0v) is 13.3. The highest BCUT2D eigenvalue weighted by atomic mass is 32.1. The number of rotatable bonds is 5. The molecule has 0 spiro atoms. The van der Waals surface area contributed by atoms with Gasteiger partial charge in [0.25, 0.3) is 5.91 Å². The molecule has 1 aromatic heterocycles. The lowest BCUT2D eigenvalue weighted by Crippen LogP contribution is -2.40. The number of piperidine rings is 1. The van der Waals surface area contributed by atoms with Crippen molar-refractivity contribution >= 4 is 17.4 Å². The molecule has 0 bridgehead atoms. The number of nitrogens with one attached hydrogen (secondary N) is 1. The van der Waals surface area contributed by atoms with Crippen LogP contribution in [0.2, 0.25) is 0 Å². The maximum Gasteiger partial charge on any atom is 0.272 e. The van der Waals surface area contributed by atoms with E-state index >= 15 is 0 Å². The quantitative estimate of drug-likeness (QED) is 0.921. The van der Waals surface area contributed by atoms with Crippen LogP contribution in [0.5, 0.6) is 0 Å². The van der Waals surface area contributed by atoms with Crippen LogP contribution in [0.4, 0.5) is 0 Å².